The Kier molecular flexibility index (Phi) is 4.28. The van der Waals surface area contributed by atoms with Crippen molar-refractivity contribution in [3.63, 3.8) is 0 Å². The van der Waals surface area contributed by atoms with Crippen LogP contribution in [0.3, 0.4) is 0 Å². The number of hydrogen-bond donors (Lipinski definition) is 0. The summed E-state index contributed by atoms with van der Waals surface area (Å²) in [5.74, 6) is -0.0278. The zero-order chi connectivity index (χ0) is 20.2. The fourth-order valence-electron chi connectivity index (χ4n) is 3.76. The summed E-state index contributed by atoms with van der Waals surface area (Å²) >= 11 is 0. The van der Waals surface area contributed by atoms with Gasteiger partial charge < -0.3 is 4.40 Å². The topological polar surface area (TPSA) is 76.7 Å². The van der Waals surface area contributed by atoms with Gasteiger partial charge in [0.25, 0.3) is 0 Å². The van der Waals surface area contributed by atoms with Crippen LogP contribution in [0.25, 0.3) is 11.6 Å². The summed E-state index contributed by atoms with van der Waals surface area (Å²) in [4.78, 5) is 17.5. The van der Waals surface area contributed by atoms with Crippen LogP contribution < -0.4 is 0 Å². The lowest BCUT2D eigenvalue weighted by Gasteiger charge is -2.16. The maximum atomic E-state index is 13.2. The monoisotopic (exact) mass is 398 g/mol. The van der Waals surface area contributed by atoms with Gasteiger partial charge in [-0.2, -0.15) is 12.7 Å². The average Bonchev–Trinajstić information content (AvgIpc) is 3.17. The molecule has 0 atom stereocenters. The number of ketones is 1. The first kappa shape index (κ1) is 18.6. The van der Waals surface area contributed by atoms with E-state index in [1.807, 2.05) is 35.7 Å². The summed E-state index contributed by atoms with van der Waals surface area (Å²) in [6.45, 7) is 3.74. The molecule has 3 aromatic heterocycles. The second-order valence-corrected chi connectivity index (χ2v) is 9.23. The summed E-state index contributed by atoms with van der Waals surface area (Å²) in [6.07, 6.45) is 6.30. The molecule has 0 fully saturated rings. The number of carbonyl (C=O) groups is 1. The highest BCUT2D eigenvalue weighted by Gasteiger charge is 2.28. The molecular formula is C20H22N4O3S. The first-order valence-corrected chi connectivity index (χ1v) is 10.4. The number of Topliss-reactive ketones (excluding diaryl/α,β-unsaturated/α-hetero) is 1. The second kappa shape index (κ2) is 6.42. The largest absolute Gasteiger partial charge is 0.313 e. The first-order chi connectivity index (χ1) is 13.2. The normalized spacial score (nSPS) is 16.3. The number of allylic oxidation sites excluding steroid dienone is 1. The molecule has 28 heavy (non-hydrogen) atoms. The number of aryl methyl sites for hydroxylation is 1. The van der Waals surface area contributed by atoms with Gasteiger partial charge in [0.15, 0.2) is 0 Å². The highest BCUT2D eigenvalue weighted by molar-refractivity contribution is 7.87. The zero-order valence-corrected chi connectivity index (χ0v) is 17.1. The van der Waals surface area contributed by atoms with Gasteiger partial charge in [-0.1, -0.05) is 6.07 Å². The van der Waals surface area contributed by atoms with E-state index in [-0.39, 0.29) is 5.78 Å². The molecule has 0 N–H and O–H groups in total. The van der Waals surface area contributed by atoms with Crippen LogP contribution in [0.1, 0.15) is 39.4 Å². The molecule has 1 aliphatic carbocycles. The molecule has 0 bridgehead atoms. The first-order valence-electron chi connectivity index (χ1n) is 9.04. The van der Waals surface area contributed by atoms with E-state index in [2.05, 4.69) is 4.98 Å². The van der Waals surface area contributed by atoms with Crippen molar-refractivity contribution in [1.82, 2.24) is 17.7 Å². The Bertz CT molecular complexity index is 1250. The molecule has 0 amide bonds. The number of pyridine rings is 1. The highest BCUT2D eigenvalue weighted by atomic mass is 32.2. The number of hydrogen-bond acceptors (Lipinski definition) is 4. The van der Waals surface area contributed by atoms with E-state index in [1.165, 1.54) is 20.4 Å². The minimum atomic E-state index is -3.65. The molecule has 0 spiro atoms. The van der Waals surface area contributed by atoms with E-state index in [9.17, 15) is 13.2 Å². The third-order valence-corrected chi connectivity index (χ3v) is 7.19. The molecule has 0 aliphatic heterocycles. The Labute approximate surface area is 164 Å². The van der Waals surface area contributed by atoms with Crippen LogP contribution in [-0.4, -0.2) is 46.0 Å². The van der Waals surface area contributed by atoms with Crippen LogP contribution in [-0.2, 0) is 16.6 Å². The molecule has 0 saturated carbocycles. The lowest BCUT2D eigenvalue weighted by Crippen LogP contribution is -2.29. The van der Waals surface area contributed by atoms with E-state index in [0.29, 0.717) is 29.1 Å². The summed E-state index contributed by atoms with van der Waals surface area (Å²) in [5.41, 5.74) is 5.59. The van der Waals surface area contributed by atoms with Gasteiger partial charge in [0.1, 0.15) is 6.33 Å². The fourth-order valence-corrected chi connectivity index (χ4v) is 4.72. The highest BCUT2D eigenvalue weighted by Crippen LogP contribution is 2.33. The third-order valence-electron chi connectivity index (χ3n) is 5.40. The molecule has 1 aliphatic rings. The number of rotatable bonds is 3. The standard InChI is InChI=1S/C20H22N4O3S/c1-13-16-9-8-15(20(25)19(16)23-10-6-5-7-18(13)23)11-17-14(2)24(12-21-17)28(26,27)22(3)4/h5-7,10-12H,8-9H2,1-4H3. The van der Waals surface area contributed by atoms with Gasteiger partial charge in [0.2, 0.25) is 5.78 Å². The zero-order valence-electron chi connectivity index (χ0n) is 16.3. The molecule has 4 rings (SSSR count). The van der Waals surface area contributed by atoms with Crippen molar-refractivity contribution < 1.29 is 13.2 Å². The molecule has 8 heteroatoms. The molecule has 0 aromatic carbocycles. The van der Waals surface area contributed by atoms with Crippen LogP contribution in [0.5, 0.6) is 0 Å². The van der Waals surface area contributed by atoms with Crippen molar-refractivity contribution in [1.29, 1.82) is 0 Å². The Balaban J connectivity index is 1.79. The molecular weight excluding hydrogens is 376 g/mol. The molecule has 7 nitrogen and oxygen atoms in total. The van der Waals surface area contributed by atoms with Gasteiger partial charge in [-0.05, 0) is 56.0 Å². The average molecular weight is 398 g/mol. The van der Waals surface area contributed by atoms with E-state index in [1.54, 1.807) is 13.0 Å². The maximum absolute atomic E-state index is 13.2. The Morgan fingerprint density at radius 1 is 1.18 bits per heavy atom. The van der Waals surface area contributed by atoms with Crippen molar-refractivity contribution in [3.8, 4) is 0 Å². The van der Waals surface area contributed by atoms with Gasteiger partial charge in [0.05, 0.1) is 17.1 Å². The summed E-state index contributed by atoms with van der Waals surface area (Å²) in [7, 11) is -0.703. The maximum Gasteiger partial charge on any atom is 0.308 e. The third kappa shape index (κ3) is 2.63. The van der Waals surface area contributed by atoms with Crippen molar-refractivity contribution in [2.24, 2.45) is 0 Å². The number of carbonyl (C=O) groups excluding carboxylic acids is 1. The second-order valence-electron chi connectivity index (χ2n) is 7.21. The number of nitrogens with zero attached hydrogens (tertiary/aromatic N) is 4. The Hall–Kier alpha value is -2.71. The predicted molar refractivity (Wildman–Crippen MR) is 108 cm³/mol. The van der Waals surface area contributed by atoms with E-state index >= 15 is 0 Å². The van der Waals surface area contributed by atoms with Gasteiger partial charge in [-0.15, -0.1) is 0 Å². The van der Waals surface area contributed by atoms with Crippen LogP contribution in [0.2, 0.25) is 0 Å². The smallest absolute Gasteiger partial charge is 0.308 e. The summed E-state index contributed by atoms with van der Waals surface area (Å²) in [5, 5.41) is 0. The molecule has 146 valence electrons. The number of fused-ring (bicyclic) bond motifs is 3. The van der Waals surface area contributed by atoms with Gasteiger partial charge >= 0.3 is 10.2 Å². The van der Waals surface area contributed by atoms with Crippen molar-refractivity contribution >= 4 is 27.6 Å². The van der Waals surface area contributed by atoms with Crippen molar-refractivity contribution in [2.45, 2.75) is 26.7 Å². The lowest BCUT2D eigenvalue weighted by molar-refractivity contribution is 0.102. The number of aromatic nitrogens is 3. The quantitative estimate of drug-likeness (QED) is 0.636. The van der Waals surface area contributed by atoms with Gasteiger partial charge in [0, 0.05) is 31.4 Å². The van der Waals surface area contributed by atoms with Gasteiger partial charge in [-0.3, -0.25) is 4.79 Å². The van der Waals surface area contributed by atoms with Crippen LogP contribution in [0.15, 0.2) is 36.3 Å². The van der Waals surface area contributed by atoms with E-state index < -0.39 is 10.2 Å². The molecule has 0 radical (unpaired) electrons. The minimum absolute atomic E-state index is 0.0278. The minimum Gasteiger partial charge on any atom is -0.313 e. The molecule has 3 aromatic rings. The van der Waals surface area contributed by atoms with Crippen LogP contribution in [0.4, 0.5) is 0 Å². The Morgan fingerprint density at radius 2 is 1.93 bits per heavy atom. The van der Waals surface area contributed by atoms with Crippen LogP contribution in [0, 0.1) is 13.8 Å². The van der Waals surface area contributed by atoms with Crippen molar-refractivity contribution in [3.05, 3.63) is 64.5 Å². The van der Waals surface area contributed by atoms with E-state index in [0.717, 1.165) is 31.3 Å². The predicted octanol–water partition coefficient (Wildman–Crippen LogP) is 2.62. The van der Waals surface area contributed by atoms with Gasteiger partial charge in [-0.25, -0.2) is 8.96 Å². The molecule has 0 saturated heterocycles. The summed E-state index contributed by atoms with van der Waals surface area (Å²) in [6, 6.07) is 5.90. The fraction of sp³-hybridized carbons (Fsp3) is 0.300. The summed E-state index contributed by atoms with van der Waals surface area (Å²) < 4.78 is 29.0. The molecule has 3 heterocycles. The van der Waals surface area contributed by atoms with E-state index in [4.69, 9.17) is 0 Å². The van der Waals surface area contributed by atoms with Crippen LogP contribution >= 0.6 is 0 Å². The van der Waals surface area contributed by atoms with Crippen molar-refractivity contribution in [2.75, 3.05) is 14.1 Å². The molecule has 0 unspecified atom stereocenters. The lowest BCUT2D eigenvalue weighted by atomic mass is 9.89. The number of imidazole rings is 1. The Morgan fingerprint density at radius 3 is 2.64 bits per heavy atom. The SMILES string of the molecule is Cc1c2c(n3ccccc13)C(=O)C(=Cc1ncn(S(=O)(=O)N(C)C)c1C)CC2.